The van der Waals surface area contributed by atoms with Gasteiger partial charge in [0.25, 0.3) is 0 Å². The second kappa shape index (κ2) is 5.11. The van der Waals surface area contributed by atoms with Crippen LogP contribution in [0.3, 0.4) is 0 Å². The van der Waals surface area contributed by atoms with Crippen LogP contribution in [0.15, 0.2) is 47.8 Å². The normalized spacial score (nSPS) is 19.7. The van der Waals surface area contributed by atoms with Crippen molar-refractivity contribution in [3.8, 4) is 6.07 Å². The van der Waals surface area contributed by atoms with Gasteiger partial charge in [-0.25, -0.2) is 4.98 Å². The first kappa shape index (κ1) is 13.8. The maximum absolute atomic E-state index is 9.55. The Bertz CT molecular complexity index is 969. The second-order valence-corrected chi connectivity index (χ2v) is 5.84. The number of nitrogens with one attached hydrogen (secondary N) is 2. The molecule has 3 heterocycles. The molecular formula is C17H12ClN5. The van der Waals surface area contributed by atoms with E-state index in [2.05, 4.69) is 26.6 Å². The number of hydrazone groups is 1. The highest BCUT2D eigenvalue weighted by molar-refractivity contribution is 6.32. The monoisotopic (exact) mass is 321 g/mol. The number of fused-ring (bicyclic) bond motifs is 1. The van der Waals surface area contributed by atoms with Gasteiger partial charge in [-0.1, -0.05) is 17.7 Å². The van der Waals surface area contributed by atoms with Crippen molar-refractivity contribution in [2.75, 3.05) is 6.54 Å². The molecule has 5 nitrogen and oxygen atoms in total. The van der Waals surface area contributed by atoms with Gasteiger partial charge in [0, 0.05) is 34.6 Å². The smallest absolute Gasteiger partial charge is 0.137 e. The summed E-state index contributed by atoms with van der Waals surface area (Å²) in [5, 5.41) is 15.3. The Balaban J connectivity index is 2.09. The van der Waals surface area contributed by atoms with Gasteiger partial charge in [0.15, 0.2) is 0 Å². The number of H-pyrrole nitrogens is 1. The minimum absolute atomic E-state index is 0.537. The number of hydrogen-bond acceptors (Lipinski definition) is 4. The molecule has 1 aliphatic heterocycles. The number of benzene rings is 1. The standard InChI is InChI=1S/C17H12ClN5/c18-14-3-1-2-11(8-19)15(14)17(9-22-23-10-17)13-5-7-21-16-12(13)4-6-20-16/h1-7,9,23H,10H2,(H,20,21). The molecule has 1 aliphatic rings. The van der Waals surface area contributed by atoms with Crippen LogP contribution in [-0.4, -0.2) is 22.7 Å². The van der Waals surface area contributed by atoms with E-state index in [1.54, 1.807) is 24.4 Å². The molecule has 23 heavy (non-hydrogen) atoms. The molecule has 2 aromatic heterocycles. The van der Waals surface area contributed by atoms with Gasteiger partial charge in [0.1, 0.15) is 5.65 Å². The van der Waals surface area contributed by atoms with Gasteiger partial charge in [-0.3, -0.25) is 0 Å². The first-order valence-electron chi connectivity index (χ1n) is 7.15. The summed E-state index contributed by atoms with van der Waals surface area (Å²) in [6, 6.07) is 11.6. The fourth-order valence-corrected chi connectivity index (χ4v) is 3.59. The highest BCUT2D eigenvalue weighted by Crippen LogP contribution is 2.40. The lowest BCUT2D eigenvalue weighted by Gasteiger charge is -2.29. The van der Waals surface area contributed by atoms with Crippen LogP contribution in [-0.2, 0) is 5.41 Å². The number of aromatic nitrogens is 2. The molecule has 0 spiro atoms. The fourth-order valence-electron chi connectivity index (χ4n) is 3.24. The average molecular weight is 322 g/mol. The summed E-state index contributed by atoms with van der Waals surface area (Å²) < 4.78 is 0. The topological polar surface area (TPSA) is 76.9 Å². The Morgan fingerprint density at radius 1 is 1.26 bits per heavy atom. The summed E-state index contributed by atoms with van der Waals surface area (Å²) >= 11 is 6.49. The van der Waals surface area contributed by atoms with Gasteiger partial charge in [0.05, 0.1) is 23.6 Å². The molecule has 1 unspecified atom stereocenters. The molecule has 0 bridgehead atoms. The predicted molar refractivity (Wildman–Crippen MR) is 89.5 cm³/mol. The lowest BCUT2D eigenvalue weighted by atomic mass is 9.73. The van der Waals surface area contributed by atoms with E-state index in [0.717, 1.165) is 22.2 Å². The van der Waals surface area contributed by atoms with Crippen molar-refractivity contribution in [3.05, 3.63) is 64.4 Å². The van der Waals surface area contributed by atoms with Crippen LogP contribution < -0.4 is 5.43 Å². The second-order valence-electron chi connectivity index (χ2n) is 5.44. The summed E-state index contributed by atoms with van der Waals surface area (Å²) in [4.78, 5) is 7.47. The lowest BCUT2D eigenvalue weighted by Crippen LogP contribution is -2.35. The number of rotatable bonds is 2. The third-order valence-corrected chi connectivity index (χ3v) is 4.57. The van der Waals surface area contributed by atoms with Crippen molar-refractivity contribution in [1.82, 2.24) is 15.4 Å². The van der Waals surface area contributed by atoms with E-state index in [9.17, 15) is 5.26 Å². The molecule has 2 N–H and O–H groups in total. The summed E-state index contributed by atoms with van der Waals surface area (Å²) in [5.74, 6) is 0. The van der Waals surface area contributed by atoms with E-state index >= 15 is 0 Å². The molecule has 0 radical (unpaired) electrons. The van der Waals surface area contributed by atoms with Gasteiger partial charge in [-0.15, -0.1) is 0 Å². The molecule has 3 aromatic rings. The molecule has 0 aliphatic carbocycles. The summed E-state index contributed by atoms with van der Waals surface area (Å²) in [7, 11) is 0. The van der Waals surface area contributed by atoms with E-state index in [1.165, 1.54) is 0 Å². The zero-order valence-corrected chi connectivity index (χ0v) is 12.8. The zero-order valence-electron chi connectivity index (χ0n) is 12.0. The fraction of sp³-hybridized carbons (Fsp3) is 0.118. The van der Waals surface area contributed by atoms with Gasteiger partial charge in [-0.2, -0.15) is 10.4 Å². The van der Waals surface area contributed by atoms with E-state index in [4.69, 9.17) is 11.6 Å². The molecule has 0 fully saturated rings. The largest absolute Gasteiger partial charge is 0.346 e. The molecule has 0 saturated carbocycles. The Morgan fingerprint density at radius 2 is 2.17 bits per heavy atom. The van der Waals surface area contributed by atoms with Gasteiger partial charge >= 0.3 is 0 Å². The SMILES string of the molecule is N#Cc1cccc(Cl)c1C1(c2ccnc3[nH]ccc23)C=NNC1. The predicted octanol–water partition coefficient (Wildman–Crippen LogP) is 2.96. The van der Waals surface area contributed by atoms with Gasteiger partial charge < -0.3 is 10.4 Å². The van der Waals surface area contributed by atoms with Crippen molar-refractivity contribution in [1.29, 1.82) is 5.26 Å². The van der Waals surface area contributed by atoms with E-state index < -0.39 is 5.41 Å². The number of pyridine rings is 1. The number of nitriles is 1. The highest BCUT2D eigenvalue weighted by Gasteiger charge is 2.40. The number of aromatic amines is 1. The van der Waals surface area contributed by atoms with Crippen molar-refractivity contribution in [3.63, 3.8) is 0 Å². The molecule has 1 atom stereocenters. The third-order valence-electron chi connectivity index (χ3n) is 4.26. The molecule has 1 aromatic carbocycles. The number of nitrogens with zero attached hydrogens (tertiary/aromatic N) is 3. The van der Waals surface area contributed by atoms with Crippen molar-refractivity contribution in [2.24, 2.45) is 5.10 Å². The zero-order chi connectivity index (χ0) is 15.9. The number of halogens is 1. The maximum atomic E-state index is 9.55. The first-order valence-corrected chi connectivity index (χ1v) is 7.53. The number of hydrogen-bond donors (Lipinski definition) is 2. The van der Waals surface area contributed by atoms with Crippen molar-refractivity contribution < 1.29 is 0 Å². The summed E-state index contributed by atoms with van der Waals surface area (Å²) in [6.07, 6.45) is 5.44. The molecular weight excluding hydrogens is 310 g/mol. The summed E-state index contributed by atoms with van der Waals surface area (Å²) in [6.45, 7) is 0.537. The lowest BCUT2D eigenvalue weighted by molar-refractivity contribution is 0.659. The van der Waals surface area contributed by atoms with Gasteiger partial charge in [-0.05, 0) is 29.8 Å². The minimum Gasteiger partial charge on any atom is -0.346 e. The van der Waals surface area contributed by atoms with Crippen LogP contribution in [0.1, 0.15) is 16.7 Å². The van der Waals surface area contributed by atoms with Crippen LogP contribution in [0.5, 0.6) is 0 Å². The van der Waals surface area contributed by atoms with Crippen LogP contribution in [0, 0.1) is 11.3 Å². The Labute approximate surface area is 137 Å². The van der Waals surface area contributed by atoms with Crippen LogP contribution in [0.4, 0.5) is 0 Å². The third kappa shape index (κ3) is 1.92. The van der Waals surface area contributed by atoms with Crippen molar-refractivity contribution in [2.45, 2.75) is 5.41 Å². The average Bonchev–Trinajstić information content (AvgIpc) is 3.24. The highest BCUT2D eigenvalue weighted by atomic mass is 35.5. The van der Waals surface area contributed by atoms with Crippen LogP contribution >= 0.6 is 11.6 Å². The molecule has 0 saturated heterocycles. The summed E-state index contributed by atoms with van der Waals surface area (Å²) in [5.41, 5.74) is 5.55. The van der Waals surface area contributed by atoms with Gasteiger partial charge in [0.2, 0.25) is 0 Å². The molecule has 0 amide bonds. The van der Waals surface area contributed by atoms with Crippen molar-refractivity contribution >= 4 is 28.8 Å². The van der Waals surface area contributed by atoms with E-state index in [-0.39, 0.29) is 0 Å². The van der Waals surface area contributed by atoms with Crippen LogP contribution in [0.2, 0.25) is 5.02 Å². The Kier molecular flexibility index (Phi) is 3.07. The van der Waals surface area contributed by atoms with E-state index in [1.807, 2.05) is 24.5 Å². The molecule has 112 valence electrons. The van der Waals surface area contributed by atoms with Crippen LogP contribution in [0.25, 0.3) is 11.0 Å². The quantitative estimate of drug-likeness (QED) is 0.761. The minimum atomic E-state index is -0.604. The van der Waals surface area contributed by atoms with E-state index in [0.29, 0.717) is 17.1 Å². The Hall–Kier alpha value is -2.84. The Morgan fingerprint density at radius 3 is 2.96 bits per heavy atom. The maximum Gasteiger partial charge on any atom is 0.137 e. The first-order chi connectivity index (χ1) is 11.3. The molecule has 4 rings (SSSR count). The molecule has 6 heteroatoms.